The molecular weight excluding hydrogens is 409 g/mol. The summed E-state index contributed by atoms with van der Waals surface area (Å²) in [5, 5.41) is 10.1. The van der Waals surface area contributed by atoms with Crippen LogP contribution < -0.4 is 16.0 Å². The van der Waals surface area contributed by atoms with Crippen molar-refractivity contribution in [1.82, 2.24) is 5.32 Å². The molecule has 3 N–H and O–H groups in total. The van der Waals surface area contributed by atoms with E-state index in [1.165, 1.54) is 18.2 Å². The third kappa shape index (κ3) is 5.76. The first-order chi connectivity index (χ1) is 13.9. The fourth-order valence-corrected chi connectivity index (χ4v) is 3.10. The highest BCUT2D eigenvalue weighted by atomic mass is 35.5. The van der Waals surface area contributed by atoms with Gasteiger partial charge >= 0.3 is 0 Å². The van der Waals surface area contributed by atoms with Gasteiger partial charge in [-0.1, -0.05) is 35.9 Å². The van der Waals surface area contributed by atoms with Gasteiger partial charge in [0.2, 0.25) is 0 Å². The normalized spacial score (nSPS) is 11.4. The van der Waals surface area contributed by atoms with Crippen LogP contribution in [-0.4, -0.2) is 11.0 Å². The lowest BCUT2D eigenvalue weighted by Gasteiger charge is -2.17. The molecule has 1 atom stereocenters. The maximum absolute atomic E-state index is 13.7. The fraction of sp³-hybridized carbons (Fsp3) is 0.0909. The first kappa shape index (κ1) is 20.8. The highest BCUT2D eigenvalue weighted by molar-refractivity contribution is 7.80. The number of anilines is 2. The first-order valence-electron chi connectivity index (χ1n) is 8.91. The number of carbonyl (C=O) groups is 1. The summed E-state index contributed by atoms with van der Waals surface area (Å²) >= 11 is 11.3. The van der Waals surface area contributed by atoms with E-state index >= 15 is 0 Å². The Morgan fingerprint density at radius 2 is 1.52 bits per heavy atom. The quantitative estimate of drug-likeness (QED) is 0.452. The number of amides is 1. The maximum Gasteiger partial charge on any atom is 0.258 e. The van der Waals surface area contributed by atoms with Crippen LogP contribution in [0.4, 0.5) is 15.8 Å². The summed E-state index contributed by atoms with van der Waals surface area (Å²) in [5.74, 6) is -1.06. The number of hydrogen-bond donors (Lipinski definition) is 3. The van der Waals surface area contributed by atoms with Crippen LogP contribution in [0.1, 0.15) is 28.9 Å². The molecule has 3 aromatic carbocycles. The predicted molar refractivity (Wildman–Crippen MR) is 120 cm³/mol. The minimum absolute atomic E-state index is 0.00346. The van der Waals surface area contributed by atoms with Gasteiger partial charge in [0.25, 0.3) is 5.91 Å². The van der Waals surface area contributed by atoms with E-state index in [9.17, 15) is 9.18 Å². The van der Waals surface area contributed by atoms with Crippen LogP contribution in [0.15, 0.2) is 72.8 Å². The van der Waals surface area contributed by atoms with Crippen LogP contribution in [0.25, 0.3) is 0 Å². The SMILES string of the molecule is C[C@H](NC(=S)Nc1ccc(NC(=O)c2ccccc2F)cc1)c1ccc(Cl)cc1. The average Bonchev–Trinajstić information content (AvgIpc) is 2.70. The maximum atomic E-state index is 13.7. The van der Waals surface area contributed by atoms with Gasteiger partial charge in [-0.15, -0.1) is 0 Å². The molecule has 0 aromatic heterocycles. The van der Waals surface area contributed by atoms with Crippen molar-refractivity contribution in [3.63, 3.8) is 0 Å². The van der Waals surface area contributed by atoms with E-state index in [4.69, 9.17) is 23.8 Å². The molecule has 0 aliphatic carbocycles. The monoisotopic (exact) mass is 427 g/mol. The molecule has 29 heavy (non-hydrogen) atoms. The lowest BCUT2D eigenvalue weighted by molar-refractivity contribution is 0.102. The smallest absolute Gasteiger partial charge is 0.258 e. The molecule has 0 aliphatic rings. The summed E-state index contributed by atoms with van der Waals surface area (Å²) in [5.41, 5.74) is 2.37. The summed E-state index contributed by atoms with van der Waals surface area (Å²) in [4.78, 5) is 12.2. The summed E-state index contributed by atoms with van der Waals surface area (Å²) in [6.07, 6.45) is 0. The minimum atomic E-state index is -0.561. The van der Waals surface area contributed by atoms with Gasteiger partial charge in [0.1, 0.15) is 5.82 Å². The predicted octanol–water partition coefficient (Wildman–Crippen LogP) is 5.78. The third-order valence-electron chi connectivity index (χ3n) is 4.24. The fourth-order valence-electron chi connectivity index (χ4n) is 2.68. The molecule has 0 bridgehead atoms. The Hall–Kier alpha value is -2.96. The molecule has 1 amide bonds. The van der Waals surface area contributed by atoms with Gasteiger partial charge in [0.15, 0.2) is 5.11 Å². The van der Waals surface area contributed by atoms with Crippen LogP contribution in [-0.2, 0) is 0 Å². The van der Waals surface area contributed by atoms with Crippen LogP contribution in [0.3, 0.4) is 0 Å². The van der Waals surface area contributed by atoms with Gasteiger partial charge < -0.3 is 16.0 Å². The summed E-state index contributed by atoms with van der Waals surface area (Å²) in [6.45, 7) is 2.00. The van der Waals surface area contributed by atoms with Crippen LogP contribution >= 0.6 is 23.8 Å². The molecule has 148 valence electrons. The van der Waals surface area contributed by atoms with E-state index in [2.05, 4.69) is 16.0 Å². The van der Waals surface area contributed by atoms with E-state index in [0.717, 1.165) is 11.3 Å². The highest BCUT2D eigenvalue weighted by Crippen LogP contribution is 2.18. The molecule has 4 nitrogen and oxygen atoms in total. The van der Waals surface area contributed by atoms with Gasteiger partial charge in [-0.3, -0.25) is 4.79 Å². The highest BCUT2D eigenvalue weighted by Gasteiger charge is 2.11. The molecule has 0 radical (unpaired) electrons. The van der Waals surface area contributed by atoms with Gasteiger partial charge in [-0.2, -0.15) is 0 Å². The molecule has 0 fully saturated rings. The zero-order valence-electron chi connectivity index (χ0n) is 15.6. The van der Waals surface area contributed by atoms with E-state index in [1.54, 1.807) is 30.3 Å². The van der Waals surface area contributed by atoms with Gasteiger partial charge in [0.05, 0.1) is 11.6 Å². The largest absolute Gasteiger partial charge is 0.356 e. The number of halogens is 2. The van der Waals surface area contributed by atoms with Crippen molar-refractivity contribution in [3.8, 4) is 0 Å². The Morgan fingerprint density at radius 3 is 2.14 bits per heavy atom. The van der Waals surface area contributed by atoms with Crippen molar-refractivity contribution in [2.45, 2.75) is 13.0 Å². The van der Waals surface area contributed by atoms with E-state index in [1.807, 2.05) is 31.2 Å². The number of thiocarbonyl (C=S) groups is 1. The zero-order valence-corrected chi connectivity index (χ0v) is 17.2. The van der Waals surface area contributed by atoms with Crippen molar-refractivity contribution in [1.29, 1.82) is 0 Å². The Balaban J connectivity index is 1.56. The molecule has 0 saturated carbocycles. The van der Waals surface area contributed by atoms with Crippen molar-refractivity contribution in [3.05, 3.63) is 94.8 Å². The van der Waals surface area contributed by atoms with Gasteiger partial charge in [0, 0.05) is 16.4 Å². The first-order valence-corrected chi connectivity index (χ1v) is 9.70. The standard InChI is InChI=1S/C22H19ClFN3OS/c1-14(15-6-8-16(23)9-7-15)25-22(29)27-18-12-10-17(11-13-18)26-21(28)19-4-2-3-5-20(19)24/h2-14H,1H3,(H,26,28)(H2,25,27,29)/t14-/m0/s1. The van der Waals surface area contributed by atoms with Crippen molar-refractivity contribution in [2.75, 3.05) is 10.6 Å². The summed E-state index contributed by atoms with van der Waals surface area (Å²) < 4.78 is 13.7. The number of hydrogen-bond acceptors (Lipinski definition) is 2. The van der Waals surface area contributed by atoms with Crippen molar-refractivity contribution >= 4 is 46.2 Å². The molecule has 0 unspecified atom stereocenters. The second kappa shape index (κ2) is 9.49. The number of carbonyl (C=O) groups excluding carboxylic acids is 1. The Kier molecular flexibility index (Phi) is 6.80. The molecule has 0 spiro atoms. The second-order valence-electron chi connectivity index (χ2n) is 6.38. The molecular formula is C22H19ClFN3OS. The summed E-state index contributed by atoms with van der Waals surface area (Å²) in [6, 6.07) is 20.4. The Bertz CT molecular complexity index is 1010. The number of rotatable bonds is 5. The number of benzene rings is 3. The van der Waals surface area contributed by atoms with E-state index in [-0.39, 0.29) is 11.6 Å². The topological polar surface area (TPSA) is 53.2 Å². The van der Waals surface area contributed by atoms with Crippen molar-refractivity contribution in [2.24, 2.45) is 0 Å². The molecule has 7 heteroatoms. The zero-order chi connectivity index (χ0) is 20.8. The van der Waals surface area contributed by atoms with Gasteiger partial charge in [-0.05, 0) is 73.2 Å². The average molecular weight is 428 g/mol. The minimum Gasteiger partial charge on any atom is -0.356 e. The lowest BCUT2D eigenvalue weighted by atomic mass is 10.1. The second-order valence-corrected chi connectivity index (χ2v) is 7.23. The summed E-state index contributed by atoms with van der Waals surface area (Å²) in [7, 11) is 0. The lowest BCUT2D eigenvalue weighted by Crippen LogP contribution is -2.30. The molecule has 0 heterocycles. The van der Waals surface area contributed by atoms with Crippen LogP contribution in [0, 0.1) is 5.82 Å². The molecule has 3 rings (SSSR count). The molecule has 0 saturated heterocycles. The van der Waals surface area contributed by atoms with Gasteiger partial charge in [-0.25, -0.2) is 4.39 Å². The number of nitrogens with one attached hydrogen (secondary N) is 3. The van der Waals surface area contributed by atoms with E-state index < -0.39 is 11.7 Å². The Labute approximate surface area is 179 Å². The Morgan fingerprint density at radius 1 is 0.931 bits per heavy atom. The van der Waals surface area contributed by atoms with E-state index in [0.29, 0.717) is 15.8 Å². The molecule has 3 aromatic rings. The van der Waals surface area contributed by atoms with Crippen LogP contribution in [0.5, 0.6) is 0 Å². The van der Waals surface area contributed by atoms with Crippen molar-refractivity contribution < 1.29 is 9.18 Å². The molecule has 0 aliphatic heterocycles. The van der Waals surface area contributed by atoms with Crippen LogP contribution in [0.2, 0.25) is 5.02 Å². The third-order valence-corrected chi connectivity index (χ3v) is 4.71.